The summed E-state index contributed by atoms with van der Waals surface area (Å²) in [6.07, 6.45) is -1.75. The van der Waals surface area contributed by atoms with Crippen LogP contribution in [0.15, 0.2) is 41.7 Å². The van der Waals surface area contributed by atoms with E-state index < -0.39 is 27.9 Å². The third-order valence-corrected chi connectivity index (χ3v) is 5.41. The zero-order chi connectivity index (χ0) is 20.9. The second-order valence-electron chi connectivity index (χ2n) is 5.68. The Morgan fingerprint density at radius 1 is 1.21 bits per heavy atom. The first-order valence-electron chi connectivity index (χ1n) is 7.33. The lowest BCUT2D eigenvalue weighted by Crippen LogP contribution is -2.28. The number of nitrogens with zero attached hydrogens (tertiary/aromatic N) is 2. The molecule has 28 heavy (non-hydrogen) atoms. The SMILES string of the molecule is CS(=O)(=O)c1ccc(-c2cc(Cl)cn3cnc(OC(=O)C(F)(F)F)c23)cc1Cl. The van der Waals surface area contributed by atoms with E-state index in [9.17, 15) is 26.4 Å². The lowest BCUT2D eigenvalue weighted by atomic mass is 10.1. The predicted octanol–water partition coefficient (Wildman–Crippen LogP) is 4.18. The summed E-state index contributed by atoms with van der Waals surface area (Å²) in [5, 5.41) is 0.114. The summed E-state index contributed by atoms with van der Waals surface area (Å²) >= 11 is 12.1. The van der Waals surface area contributed by atoms with Crippen LogP contribution in [0.25, 0.3) is 16.6 Å². The van der Waals surface area contributed by atoms with E-state index in [0.717, 1.165) is 12.6 Å². The summed E-state index contributed by atoms with van der Waals surface area (Å²) in [4.78, 5) is 14.8. The van der Waals surface area contributed by atoms with Gasteiger partial charge in [0.25, 0.3) is 0 Å². The number of imidazole rings is 1. The molecule has 3 rings (SSSR count). The minimum absolute atomic E-state index is 0.0187. The summed E-state index contributed by atoms with van der Waals surface area (Å²) in [6.45, 7) is 0. The van der Waals surface area contributed by atoms with Gasteiger partial charge in [-0.2, -0.15) is 13.2 Å². The largest absolute Gasteiger partial charge is 0.491 e. The van der Waals surface area contributed by atoms with E-state index in [0.29, 0.717) is 5.56 Å². The Hall–Kier alpha value is -2.30. The molecule has 0 bridgehead atoms. The van der Waals surface area contributed by atoms with E-state index in [1.807, 2.05) is 0 Å². The summed E-state index contributed by atoms with van der Waals surface area (Å²) in [5.41, 5.74) is 0.580. The quantitative estimate of drug-likeness (QED) is 0.557. The van der Waals surface area contributed by atoms with Crippen LogP contribution < -0.4 is 4.74 Å². The number of benzene rings is 1. The standard InChI is InChI=1S/C16H9Cl2F3N2O4S/c1-28(25,26)12-3-2-8(4-11(12)18)10-5-9(17)6-23-7-22-14(13(10)23)27-15(24)16(19,20)21/h2-7H,1H3. The van der Waals surface area contributed by atoms with Gasteiger partial charge >= 0.3 is 12.1 Å². The van der Waals surface area contributed by atoms with Crippen LogP contribution in [0.2, 0.25) is 10.0 Å². The predicted molar refractivity (Wildman–Crippen MR) is 95.4 cm³/mol. The van der Waals surface area contributed by atoms with Crippen LogP contribution in [0, 0.1) is 0 Å². The normalized spacial score (nSPS) is 12.4. The lowest BCUT2D eigenvalue weighted by Gasteiger charge is -2.10. The average molecular weight is 453 g/mol. The number of ether oxygens (including phenoxy) is 1. The smallest absolute Gasteiger partial charge is 0.398 e. The number of rotatable bonds is 3. The molecule has 0 unspecified atom stereocenters. The maximum absolute atomic E-state index is 12.5. The zero-order valence-corrected chi connectivity index (χ0v) is 16.1. The zero-order valence-electron chi connectivity index (χ0n) is 13.8. The molecule has 2 aromatic heterocycles. The average Bonchev–Trinajstić information content (AvgIpc) is 2.94. The lowest BCUT2D eigenvalue weighted by molar-refractivity contribution is -0.189. The molecule has 0 saturated heterocycles. The monoisotopic (exact) mass is 452 g/mol. The third-order valence-electron chi connectivity index (χ3n) is 3.62. The van der Waals surface area contributed by atoms with Gasteiger partial charge in [0, 0.05) is 18.0 Å². The number of pyridine rings is 1. The number of aromatic nitrogens is 2. The van der Waals surface area contributed by atoms with Crippen molar-refractivity contribution in [2.24, 2.45) is 0 Å². The van der Waals surface area contributed by atoms with Crippen molar-refractivity contribution in [2.45, 2.75) is 11.1 Å². The Morgan fingerprint density at radius 2 is 1.89 bits per heavy atom. The first-order valence-corrected chi connectivity index (χ1v) is 9.98. The van der Waals surface area contributed by atoms with Gasteiger partial charge in [0.2, 0.25) is 5.88 Å². The van der Waals surface area contributed by atoms with E-state index in [4.69, 9.17) is 23.2 Å². The molecule has 2 heterocycles. The van der Waals surface area contributed by atoms with E-state index in [1.54, 1.807) is 0 Å². The van der Waals surface area contributed by atoms with Crippen LogP contribution in [0.4, 0.5) is 13.2 Å². The number of hydrogen-bond donors (Lipinski definition) is 0. The van der Waals surface area contributed by atoms with E-state index in [2.05, 4.69) is 9.72 Å². The first-order chi connectivity index (χ1) is 12.9. The van der Waals surface area contributed by atoms with Gasteiger partial charge in [-0.05, 0) is 23.8 Å². The highest BCUT2D eigenvalue weighted by Crippen LogP contribution is 2.36. The number of sulfone groups is 1. The molecule has 0 radical (unpaired) electrons. The summed E-state index contributed by atoms with van der Waals surface area (Å²) in [6, 6.07) is 5.36. The van der Waals surface area contributed by atoms with Gasteiger partial charge in [-0.25, -0.2) is 18.2 Å². The molecule has 0 aliphatic heterocycles. The molecule has 0 atom stereocenters. The Labute approximate surface area is 166 Å². The number of fused-ring (bicyclic) bond motifs is 1. The number of alkyl halides is 3. The van der Waals surface area contributed by atoms with E-state index >= 15 is 0 Å². The molecule has 0 aliphatic rings. The van der Waals surface area contributed by atoms with Crippen molar-refractivity contribution in [2.75, 3.05) is 6.26 Å². The molecular formula is C16H9Cl2F3N2O4S. The Bertz CT molecular complexity index is 1210. The van der Waals surface area contributed by atoms with Crippen molar-refractivity contribution in [3.8, 4) is 17.0 Å². The van der Waals surface area contributed by atoms with Crippen molar-refractivity contribution < 1.29 is 31.1 Å². The molecule has 6 nitrogen and oxygen atoms in total. The maximum atomic E-state index is 12.5. The Balaban J connectivity index is 2.20. The summed E-state index contributed by atoms with van der Waals surface area (Å²) in [7, 11) is -3.58. The second-order valence-corrected chi connectivity index (χ2v) is 8.51. The number of esters is 1. The second kappa shape index (κ2) is 6.94. The minimum Gasteiger partial charge on any atom is -0.398 e. The van der Waals surface area contributed by atoms with E-state index in [-0.39, 0.29) is 26.0 Å². The van der Waals surface area contributed by atoms with Gasteiger partial charge in [0.15, 0.2) is 9.84 Å². The van der Waals surface area contributed by atoms with Crippen molar-refractivity contribution in [3.05, 3.63) is 46.8 Å². The summed E-state index contributed by atoms with van der Waals surface area (Å²) in [5.74, 6) is -3.02. The van der Waals surface area contributed by atoms with Crippen LogP contribution in [0.3, 0.4) is 0 Å². The highest BCUT2D eigenvalue weighted by Gasteiger charge is 2.42. The summed E-state index contributed by atoms with van der Waals surface area (Å²) < 4.78 is 66.7. The number of carbonyl (C=O) groups is 1. The van der Waals surface area contributed by atoms with Gasteiger partial charge in [-0.15, -0.1) is 0 Å². The van der Waals surface area contributed by atoms with Crippen LogP contribution in [0.1, 0.15) is 0 Å². The van der Waals surface area contributed by atoms with Crippen LogP contribution in [-0.4, -0.2) is 36.2 Å². The number of hydrogen-bond acceptors (Lipinski definition) is 5. The topological polar surface area (TPSA) is 77.7 Å². The number of carbonyl (C=O) groups excluding carboxylic acids is 1. The van der Waals surface area contributed by atoms with Crippen molar-refractivity contribution in [1.82, 2.24) is 9.38 Å². The van der Waals surface area contributed by atoms with Crippen LogP contribution in [-0.2, 0) is 14.6 Å². The van der Waals surface area contributed by atoms with Gasteiger partial charge in [-0.1, -0.05) is 29.3 Å². The fraction of sp³-hybridized carbons (Fsp3) is 0.125. The maximum Gasteiger partial charge on any atom is 0.491 e. The van der Waals surface area contributed by atoms with Crippen LogP contribution >= 0.6 is 23.2 Å². The molecule has 0 aliphatic carbocycles. The molecule has 3 aromatic rings. The molecule has 0 saturated carbocycles. The Morgan fingerprint density at radius 3 is 2.46 bits per heavy atom. The van der Waals surface area contributed by atoms with Crippen molar-refractivity contribution in [3.63, 3.8) is 0 Å². The van der Waals surface area contributed by atoms with Crippen LogP contribution in [0.5, 0.6) is 5.88 Å². The molecular weight excluding hydrogens is 444 g/mol. The molecule has 12 heteroatoms. The van der Waals surface area contributed by atoms with Gasteiger partial charge < -0.3 is 9.14 Å². The number of halogens is 5. The molecule has 0 fully saturated rings. The molecule has 1 aromatic carbocycles. The van der Waals surface area contributed by atoms with Gasteiger partial charge in [-0.3, -0.25) is 0 Å². The molecule has 0 amide bonds. The van der Waals surface area contributed by atoms with Gasteiger partial charge in [0.1, 0.15) is 11.8 Å². The third kappa shape index (κ3) is 3.94. The molecule has 0 N–H and O–H groups in total. The fourth-order valence-corrected chi connectivity index (χ4v) is 4.03. The van der Waals surface area contributed by atoms with Crippen molar-refractivity contribution in [1.29, 1.82) is 0 Å². The highest BCUT2D eigenvalue weighted by atomic mass is 35.5. The van der Waals surface area contributed by atoms with Crippen molar-refractivity contribution >= 4 is 44.5 Å². The van der Waals surface area contributed by atoms with Gasteiger partial charge in [0.05, 0.1) is 14.9 Å². The molecule has 0 spiro atoms. The highest BCUT2D eigenvalue weighted by molar-refractivity contribution is 7.90. The van der Waals surface area contributed by atoms with E-state index in [1.165, 1.54) is 34.9 Å². The first kappa shape index (κ1) is 20.4. The minimum atomic E-state index is -5.21. The molecule has 148 valence electrons. The fourth-order valence-electron chi connectivity index (χ4n) is 2.48. The Kier molecular flexibility index (Phi) is 5.07.